The second-order valence-electron chi connectivity index (χ2n) is 6.64. The summed E-state index contributed by atoms with van der Waals surface area (Å²) in [4.78, 5) is 26.6. The van der Waals surface area contributed by atoms with Crippen LogP contribution in [0.5, 0.6) is 0 Å². The molecule has 0 bridgehead atoms. The van der Waals surface area contributed by atoms with Crippen molar-refractivity contribution in [2.24, 2.45) is 0 Å². The topological polar surface area (TPSA) is 98.1 Å². The minimum atomic E-state index is -4.66. The Bertz CT molecular complexity index is 1110. The molecule has 11 heteroatoms. The number of carbonyl (C=O) groups is 2. The summed E-state index contributed by atoms with van der Waals surface area (Å²) in [5, 5.41) is 9.75. The van der Waals surface area contributed by atoms with E-state index in [-0.39, 0.29) is 6.03 Å². The third-order valence-corrected chi connectivity index (χ3v) is 4.29. The number of anilines is 3. The van der Waals surface area contributed by atoms with E-state index < -0.39 is 29.3 Å². The van der Waals surface area contributed by atoms with E-state index in [2.05, 4.69) is 26.3 Å². The number of alkyl halides is 3. The van der Waals surface area contributed by atoms with Crippen molar-refractivity contribution in [3.05, 3.63) is 66.1 Å². The van der Waals surface area contributed by atoms with Crippen LogP contribution in [-0.2, 0) is 6.18 Å². The van der Waals surface area contributed by atoms with Gasteiger partial charge in [-0.15, -0.1) is 0 Å². The summed E-state index contributed by atoms with van der Waals surface area (Å²) < 4.78 is 52.1. The molecule has 0 saturated carbocycles. The number of urea groups is 2. The van der Waals surface area contributed by atoms with E-state index in [1.807, 2.05) is 0 Å². The van der Waals surface area contributed by atoms with Gasteiger partial charge in [0.05, 0.1) is 11.3 Å². The summed E-state index contributed by atoms with van der Waals surface area (Å²) in [5.41, 5.74) is 0.230. The van der Waals surface area contributed by atoms with Gasteiger partial charge in [0.15, 0.2) is 0 Å². The summed E-state index contributed by atoms with van der Waals surface area (Å²) in [6, 6.07) is 8.77. The molecule has 1 heterocycles. The molecule has 32 heavy (non-hydrogen) atoms. The Balaban J connectivity index is 1.63. The molecule has 0 radical (unpaired) electrons. The van der Waals surface area contributed by atoms with Gasteiger partial charge in [0.25, 0.3) is 0 Å². The van der Waals surface area contributed by atoms with Crippen molar-refractivity contribution in [3.8, 4) is 11.1 Å². The summed E-state index contributed by atoms with van der Waals surface area (Å²) in [6.45, 7) is 2.29. The van der Waals surface area contributed by atoms with E-state index >= 15 is 0 Å². The lowest BCUT2D eigenvalue weighted by Crippen LogP contribution is -2.28. The van der Waals surface area contributed by atoms with Crippen molar-refractivity contribution in [1.82, 2.24) is 10.3 Å². The van der Waals surface area contributed by atoms with Crippen LogP contribution in [0.4, 0.5) is 44.3 Å². The van der Waals surface area contributed by atoms with E-state index in [0.29, 0.717) is 36.2 Å². The molecule has 0 fully saturated rings. The van der Waals surface area contributed by atoms with Gasteiger partial charge in [0.1, 0.15) is 11.6 Å². The van der Waals surface area contributed by atoms with Crippen LogP contribution in [0, 0.1) is 5.82 Å². The maximum absolute atomic E-state index is 13.8. The van der Waals surface area contributed by atoms with Gasteiger partial charge < -0.3 is 20.9 Å². The van der Waals surface area contributed by atoms with E-state index in [1.54, 1.807) is 43.5 Å². The first-order chi connectivity index (χ1) is 15.2. The predicted molar refractivity (Wildman–Crippen MR) is 113 cm³/mol. The number of benzene rings is 2. The summed E-state index contributed by atoms with van der Waals surface area (Å²) in [6.07, 6.45) is -2.98. The summed E-state index contributed by atoms with van der Waals surface area (Å²) >= 11 is 0. The predicted octanol–water partition coefficient (Wildman–Crippen LogP) is 5.63. The van der Waals surface area contributed by atoms with E-state index in [1.165, 1.54) is 0 Å². The van der Waals surface area contributed by atoms with Crippen molar-refractivity contribution in [3.63, 3.8) is 0 Å². The Kier molecular flexibility index (Phi) is 6.67. The average molecular weight is 449 g/mol. The summed E-state index contributed by atoms with van der Waals surface area (Å²) in [5.74, 6) is -0.497. The molecular formula is C21H19F4N5O2. The van der Waals surface area contributed by atoms with Gasteiger partial charge in [0.2, 0.25) is 0 Å². The first kappa shape index (κ1) is 22.7. The van der Waals surface area contributed by atoms with Gasteiger partial charge in [-0.2, -0.15) is 13.2 Å². The maximum Gasteiger partial charge on any atom is 0.416 e. The molecule has 7 nitrogen and oxygen atoms in total. The Labute approximate surface area is 180 Å². The van der Waals surface area contributed by atoms with Gasteiger partial charge in [-0.3, -0.25) is 5.32 Å². The van der Waals surface area contributed by atoms with Crippen molar-refractivity contribution in [1.29, 1.82) is 0 Å². The molecule has 0 aliphatic carbocycles. The van der Waals surface area contributed by atoms with Crippen LogP contribution < -0.4 is 21.3 Å². The van der Waals surface area contributed by atoms with E-state index in [4.69, 9.17) is 0 Å². The summed E-state index contributed by atoms with van der Waals surface area (Å²) in [7, 11) is 0. The monoisotopic (exact) mass is 449 g/mol. The molecule has 0 aliphatic heterocycles. The third kappa shape index (κ3) is 5.78. The van der Waals surface area contributed by atoms with E-state index in [9.17, 15) is 27.2 Å². The molecule has 1 aromatic heterocycles. The van der Waals surface area contributed by atoms with Gasteiger partial charge >= 0.3 is 18.2 Å². The molecule has 0 aliphatic rings. The highest BCUT2D eigenvalue weighted by molar-refractivity contribution is 6.00. The van der Waals surface area contributed by atoms with Crippen LogP contribution in [-0.4, -0.2) is 23.6 Å². The number of nitrogens with one attached hydrogen (secondary N) is 5. The largest absolute Gasteiger partial charge is 0.416 e. The zero-order valence-electron chi connectivity index (χ0n) is 16.7. The standard InChI is InChI=1S/C21H19F4N5O2/c1-2-26-19(31)30-18-9-13(11-27-18)12-3-6-15(7-4-12)28-20(32)29-17-10-14(21(23,24)25)5-8-16(17)22/h3-11,27H,2H2,1H3,(H2,26,30,31)(H2,28,29,32). The SMILES string of the molecule is CCNC(=O)Nc1cc(-c2ccc(NC(=O)Nc3cc(C(F)(F)F)ccc3F)cc2)c[nH]1. The molecule has 0 atom stereocenters. The Morgan fingerprint density at radius 2 is 1.62 bits per heavy atom. The highest BCUT2D eigenvalue weighted by atomic mass is 19.4. The lowest BCUT2D eigenvalue weighted by molar-refractivity contribution is -0.137. The number of halogens is 4. The fourth-order valence-electron chi connectivity index (χ4n) is 2.79. The lowest BCUT2D eigenvalue weighted by atomic mass is 10.1. The van der Waals surface area contributed by atoms with Crippen LogP contribution in [0.15, 0.2) is 54.7 Å². The van der Waals surface area contributed by atoms with Crippen LogP contribution in [0.25, 0.3) is 11.1 Å². The highest BCUT2D eigenvalue weighted by Crippen LogP contribution is 2.32. The average Bonchev–Trinajstić information content (AvgIpc) is 3.18. The fourth-order valence-corrected chi connectivity index (χ4v) is 2.79. The van der Waals surface area contributed by atoms with Crippen LogP contribution in [0.3, 0.4) is 0 Å². The highest BCUT2D eigenvalue weighted by Gasteiger charge is 2.31. The Morgan fingerprint density at radius 3 is 2.28 bits per heavy atom. The second-order valence-corrected chi connectivity index (χ2v) is 6.64. The molecule has 4 amide bonds. The number of aromatic amines is 1. The Morgan fingerprint density at radius 1 is 0.906 bits per heavy atom. The number of carbonyl (C=O) groups excluding carboxylic acids is 2. The number of hydrogen-bond donors (Lipinski definition) is 5. The number of hydrogen-bond acceptors (Lipinski definition) is 2. The lowest BCUT2D eigenvalue weighted by Gasteiger charge is -2.12. The number of aromatic nitrogens is 1. The molecule has 168 valence electrons. The molecule has 2 aromatic carbocycles. The van der Waals surface area contributed by atoms with Gasteiger partial charge in [-0.05, 0) is 48.9 Å². The quantitative estimate of drug-likeness (QED) is 0.327. The first-order valence-electron chi connectivity index (χ1n) is 9.44. The molecule has 0 unspecified atom stereocenters. The van der Waals surface area contributed by atoms with Crippen molar-refractivity contribution >= 4 is 29.3 Å². The van der Waals surface area contributed by atoms with Crippen molar-refractivity contribution in [2.75, 3.05) is 22.5 Å². The number of H-pyrrole nitrogens is 1. The van der Waals surface area contributed by atoms with Gasteiger partial charge in [0, 0.05) is 24.0 Å². The zero-order valence-corrected chi connectivity index (χ0v) is 16.7. The number of amides is 4. The van der Waals surface area contributed by atoms with Crippen molar-refractivity contribution < 1.29 is 27.2 Å². The molecule has 3 rings (SSSR count). The van der Waals surface area contributed by atoms with Gasteiger partial charge in [-0.25, -0.2) is 14.0 Å². The smallest absolute Gasteiger partial charge is 0.347 e. The minimum Gasteiger partial charge on any atom is -0.347 e. The zero-order chi connectivity index (χ0) is 23.3. The fraction of sp³-hybridized carbons (Fsp3) is 0.143. The number of rotatable bonds is 5. The normalized spacial score (nSPS) is 11.0. The van der Waals surface area contributed by atoms with Crippen LogP contribution in [0.2, 0.25) is 0 Å². The van der Waals surface area contributed by atoms with Crippen LogP contribution in [0.1, 0.15) is 12.5 Å². The van der Waals surface area contributed by atoms with Gasteiger partial charge in [-0.1, -0.05) is 12.1 Å². The molecule has 0 spiro atoms. The minimum absolute atomic E-state index is 0.342. The molecular weight excluding hydrogens is 430 g/mol. The molecule has 5 N–H and O–H groups in total. The third-order valence-electron chi connectivity index (χ3n) is 4.29. The molecule has 0 saturated heterocycles. The second kappa shape index (κ2) is 9.41. The first-order valence-corrected chi connectivity index (χ1v) is 9.44. The maximum atomic E-state index is 13.8. The van der Waals surface area contributed by atoms with Crippen LogP contribution >= 0.6 is 0 Å². The van der Waals surface area contributed by atoms with E-state index in [0.717, 1.165) is 11.1 Å². The Hall–Kier alpha value is -4.02. The van der Waals surface area contributed by atoms with Crippen molar-refractivity contribution in [2.45, 2.75) is 13.1 Å². The molecule has 3 aromatic rings.